The molecule has 0 aromatic carbocycles. The minimum atomic E-state index is -0.744. The van der Waals surface area contributed by atoms with E-state index in [0.717, 1.165) is 38.5 Å². The molecule has 0 amide bonds. The van der Waals surface area contributed by atoms with Gasteiger partial charge in [-0.05, 0) is 25.7 Å². The van der Waals surface area contributed by atoms with E-state index in [1.807, 2.05) is 0 Å². The summed E-state index contributed by atoms with van der Waals surface area (Å²) in [6, 6.07) is 0. The van der Waals surface area contributed by atoms with Crippen molar-refractivity contribution in [2.75, 3.05) is 6.61 Å². The molecule has 6 atom stereocenters. The SMILES string of the molecule is CC/C=C/C[C@@H]1O[C@@H]([C@@H](COC(C)=O)OC(C)=O)C2OC3(CCCCC3)O[C@H]2[C@H]1C. The van der Waals surface area contributed by atoms with E-state index in [1.54, 1.807) is 0 Å². The van der Waals surface area contributed by atoms with Gasteiger partial charge in [0.05, 0.1) is 12.2 Å². The number of carbonyl (C=O) groups excluding carboxylic acids is 2. The van der Waals surface area contributed by atoms with E-state index in [0.29, 0.717) is 0 Å². The average Bonchev–Trinajstić information content (AvgIpc) is 3.06. The lowest BCUT2D eigenvalue weighted by atomic mass is 9.85. The molecule has 2 saturated heterocycles. The topological polar surface area (TPSA) is 80.3 Å². The summed E-state index contributed by atoms with van der Waals surface area (Å²) in [6.45, 7) is 6.85. The van der Waals surface area contributed by atoms with E-state index in [4.69, 9.17) is 23.7 Å². The molecule has 2 heterocycles. The molecule has 7 heteroatoms. The van der Waals surface area contributed by atoms with Crippen LogP contribution in [0.1, 0.15) is 72.6 Å². The van der Waals surface area contributed by atoms with Gasteiger partial charge in [0.15, 0.2) is 11.9 Å². The van der Waals surface area contributed by atoms with Gasteiger partial charge < -0.3 is 23.7 Å². The highest BCUT2D eigenvalue weighted by molar-refractivity contribution is 5.67. The second-order valence-electron chi connectivity index (χ2n) is 8.70. The van der Waals surface area contributed by atoms with Crippen LogP contribution in [0.2, 0.25) is 0 Å². The van der Waals surface area contributed by atoms with Crippen molar-refractivity contribution in [2.45, 2.75) is 109 Å². The summed E-state index contributed by atoms with van der Waals surface area (Å²) in [4.78, 5) is 23.2. The molecule has 0 bridgehead atoms. The monoisotopic (exact) mass is 424 g/mol. The molecule has 0 aromatic rings. The molecule has 170 valence electrons. The van der Waals surface area contributed by atoms with Crippen molar-refractivity contribution in [3.63, 3.8) is 0 Å². The third-order valence-electron chi connectivity index (χ3n) is 6.31. The maximum absolute atomic E-state index is 11.8. The van der Waals surface area contributed by atoms with Crippen LogP contribution in [-0.4, -0.2) is 54.9 Å². The molecule has 3 rings (SSSR count). The Morgan fingerprint density at radius 1 is 1.07 bits per heavy atom. The molecule has 30 heavy (non-hydrogen) atoms. The van der Waals surface area contributed by atoms with Crippen LogP contribution in [0, 0.1) is 5.92 Å². The molecule has 1 unspecified atom stereocenters. The van der Waals surface area contributed by atoms with Crippen molar-refractivity contribution in [2.24, 2.45) is 5.92 Å². The van der Waals surface area contributed by atoms with Crippen molar-refractivity contribution in [3.05, 3.63) is 12.2 Å². The van der Waals surface area contributed by atoms with Crippen molar-refractivity contribution in [3.8, 4) is 0 Å². The highest BCUT2D eigenvalue weighted by Gasteiger charge is 2.58. The maximum Gasteiger partial charge on any atom is 0.303 e. The van der Waals surface area contributed by atoms with Crippen LogP contribution in [0.15, 0.2) is 12.2 Å². The van der Waals surface area contributed by atoms with Crippen LogP contribution >= 0.6 is 0 Å². The van der Waals surface area contributed by atoms with Crippen LogP contribution in [0.4, 0.5) is 0 Å². The molecule has 1 saturated carbocycles. The lowest BCUT2D eigenvalue weighted by Gasteiger charge is -2.43. The Balaban J connectivity index is 1.85. The Morgan fingerprint density at radius 3 is 2.40 bits per heavy atom. The maximum atomic E-state index is 11.8. The van der Waals surface area contributed by atoms with Gasteiger partial charge >= 0.3 is 11.9 Å². The Bertz CT molecular complexity index is 625. The van der Waals surface area contributed by atoms with Crippen LogP contribution in [0.25, 0.3) is 0 Å². The Labute approximate surface area is 179 Å². The van der Waals surface area contributed by atoms with E-state index in [9.17, 15) is 9.59 Å². The van der Waals surface area contributed by atoms with Crippen LogP contribution < -0.4 is 0 Å². The van der Waals surface area contributed by atoms with Crippen molar-refractivity contribution in [1.82, 2.24) is 0 Å². The summed E-state index contributed by atoms with van der Waals surface area (Å²) in [6.07, 6.45) is 9.07. The average molecular weight is 425 g/mol. The number of allylic oxidation sites excluding steroid dienone is 1. The Kier molecular flexibility index (Phi) is 7.93. The summed E-state index contributed by atoms with van der Waals surface area (Å²) in [5.74, 6) is -1.33. The quantitative estimate of drug-likeness (QED) is 0.455. The summed E-state index contributed by atoms with van der Waals surface area (Å²) in [5, 5.41) is 0. The van der Waals surface area contributed by atoms with Crippen LogP contribution in [0.3, 0.4) is 0 Å². The standard InChI is InChI=1S/C23H36O7/c1-5-6-8-11-18-15(2)20-22(30-23(29-20)12-9-7-10-13-23)21(28-18)19(27-17(4)25)14-26-16(3)24/h6,8,15,18-22H,5,7,9-14H2,1-4H3/b8-6+/t15-,18-,19+,20-,21-,22?/m0/s1. The fourth-order valence-corrected chi connectivity index (χ4v) is 4.83. The third-order valence-corrected chi connectivity index (χ3v) is 6.31. The number of carbonyl (C=O) groups is 2. The molecule has 0 N–H and O–H groups in total. The largest absolute Gasteiger partial charge is 0.462 e. The summed E-state index contributed by atoms with van der Waals surface area (Å²) >= 11 is 0. The number of fused-ring (bicyclic) bond motifs is 1. The number of hydrogen-bond donors (Lipinski definition) is 0. The highest BCUT2D eigenvalue weighted by Crippen LogP contribution is 2.47. The van der Waals surface area contributed by atoms with Gasteiger partial charge in [0.1, 0.15) is 18.8 Å². The number of hydrogen-bond acceptors (Lipinski definition) is 7. The zero-order valence-electron chi connectivity index (χ0n) is 18.6. The van der Waals surface area contributed by atoms with E-state index >= 15 is 0 Å². The normalized spacial score (nSPS) is 33.9. The summed E-state index contributed by atoms with van der Waals surface area (Å²) in [7, 11) is 0. The zero-order valence-corrected chi connectivity index (χ0v) is 18.6. The molecule has 1 aliphatic carbocycles. The first-order chi connectivity index (χ1) is 14.3. The second-order valence-corrected chi connectivity index (χ2v) is 8.70. The number of ether oxygens (including phenoxy) is 5. The molecule has 0 radical (unpaired) electrons. The first kappa shape index (κ1) is 23.2. The minimum absolute atomic E-state index is 0.0644. The van der Waals surface area contributed by atoms with Gasteiger partial charge in [-0.1, -0.05) is 32.4 Å². The van der Waals surface area contributed by atoms with Gasteiger partial charge in [0.2, 0.25) is 0 Å². The molecule has 7 nitrogen and oxygen atoms in total. The van der Waals surface area contributed by atoms with Gasteiger partial charge in [-0.25, -0.2) is 0 Å². The first-order valence-corrected chi connectivity index (χ1v) is 11.3. The Morgan fingerprint density at radius 2 is 1.77 bits per heavy atom. The molecule has 3 fully saturated rings. The van der Waals surface area contributed by atoms with E-state index < -0.39 is 29.9 Å². The van der Waals surface area contributed by atoms with Crippen molar-refractivity contribution in [1.29, 1.82) is 0 Å². The van der Waals surface area contributed by atoms with Gasteiger partial charge in [-0.3, -0.25) is 9.59 Å². The van der Waals surface area contributed by atoms with Crippen LogP contribution in [0.5, 0.6) is 0 Å². The van der Waals surface area contributed by atoms with Crippen molar-refractivity contribution >= 4 is 11.9 Å². The van der Waals surface area contributed by atoms with E-state index in [-0.39, 0.29) is 30.8 Å². The molecule has 1 spiro atoms. The van der Waals surface area contributed by atoms with Gasteiger partial charge in [0.25, 0.3) is 0 Å². The summed E-state index contributed by atoms with van der Waals surface area (Å²) in [5.41, 5.74) is 0. The predicted octanol–water partition coefficient (Wildman–Crippen LogP) is 3.69. The van der Waals surface area contributed by atoms with Crippen molar-refractivity contribution < 1.29 is 33.3 Å². The highest BCUT2D eigenvalue weighted by atomic mass is 16.8. The fourth-order valence-electron chi connectivity index (χ4n) is 4.83. The lowest BCUT2D eigenvalue weighted by Crippen LogP contribution is -2.57. The minimum Gasteiger partial charge on any atom is -0.462 e. The predicted molar refractivity (Wildman–Crippen MR) is 110 cm³/mol. The molecule has 0 aromatic heterocycles. The third kappa shape index (κ3) is 5.42. The van der Waals surface area contributed by atoms with Gasteiger partial charge in [-0.15, -0.1) is 0 Å². The Hall–Kier alpha value is -1.44. The fraction of sp³-hybridized carbons (Fsp3) is 0.826. The molecule has 2 aliphatic heterocycles. The van der Waals surface area contributed by atoms with E-state index in [2.05, 4.69) is 26.0 Å². The van der Waals surface area contributed by atoms with Gasteiger partial charge in [-0.2, -0.15) is 0 Å². The smallest absolute Gasteiger partial charge is 0.303 e. The second kappa shape index (κ2) is 10.2. The molecular weight excluding hydrogens is 388 g/mol. The van der Waals surface area contributed by atoms with Crippen LogP contribution in [-0.2, 0) is 33.3 Å². The lowest BCUT2D eigenvalue weighted by molar-refractivity contribution is -0.218. The van der Waals surface area contributed by atoms with E-state index in [1.165, 1.54) is 20.3 Å². The number of esters is 2. The molecule has 3 aliphatic rings. The summed E-state index contributed by atoms with van der Waals surface area (Å²) < 4.78 is 30.3. The zero-order chi connectivity index (χ0) is 21.7. The molecular formula is C23H36O7. The first-order valence-electron chi connectivity index (χ1n) is 11.3. The van der Waals surface area contributed by atoms with Gasteiger partial charge in [0, 0.05) is 32.6 Å². The number of rotatable bonds is 7.